The fourth-order valence-corrected chi connectivity index (χ4v) is 3.36. The Morgan fingerprint density at radius 3 is 2.35 bits per heavy atom. The molecule has 1 aromatic rings. The number of hydrogen-bond donors (Lipinski definition) is 1. The van der Waals surface area contributed by atoms with Crippen molar-refractivity contribution in [2.45, 2.75) is 32.2 Å². The summed E-state index contributed by atoms with van der Waals surface area (Å²) in [6, 6.07) is 1.58. The van der Waals surface area contributed by atoms with E-state index in [0.717, 1.165) is 12.8 Å². The predicted molar refractivity (Wildman–Crippen MR) is 75.8 cm³/mol. The first-order chi connectivity index (χ1) is 7.98. The number of alkyl halides is 1. The highest BCUT2D eigenvalue weighted by Gasteiger charge is 2.28. The lowest BCUT2D eigenvalue weighted by Crippen LogP contribution is -2.49. The molecule has 0 bridgehead atoms. The van der Waals surface area contributed by atoms with Crippen LogP contribution in [0.2, 0.25) is 8.67 Å². The molecule has 1 N–H and O–H groups in total. The molecule has 96 valence electrons. The van der Waals surface area contributed by atoms with E-state index in [0.29, 0.717) is 20.1 Å². The average molecular weight is 315 g/mol. The van der Waals surface area contributed by atoms with Gasteiger partial charge < -0.3 is 5.32 Å². The molecule has 0 fully saturated rings. The third-order valence-corrected chi connectivity index (χ3v) is 4.89. The summed E-state index contributed by atoms with van der Waals surface area (Å²) in [5.74, 6) is 0.156. The normalized spacial score (nSPS) is 11.6. The Balaban J connectivity index is 2.88. The highest BCUT2D eigenvalue weighted by molar-refractivity contribution is 7.20. The largest absolute Gasteiger partial charge is 0.345 e. The summed E-state index contributed by atoms with van der Waals surface area (Å²) in [7, 11) is 0. The second-order valence-electron chi connectivity index (χ2n) is 3.81. The monoisotopic (exact) mass is 313 g/mol. The second kappa shape index (κ2) is 6.28. The molecule has 17 heavy (non-hydrogen) atoms. The number of rotatable bonds is 5. The maximum atomic E-state index is 12.1. The molecule has 0 radical (unpaired) electrons. The van der Waals surface area contributed by atoms with E-state index in [1.54, 1.807) is 6.07 Å². The van der Waals surface area contributed by atoms with Crippen LogP contribution in [0.15, 0.2) is 6.07 Å². The molecule has 0 spiro atoms. The number of amides is 1. The first kappa shape index (κ1) is 15.1. The summed E-state index contributed by atoms with van der Waals surface area (Å²) in [6.07, 6.45) is 1.54. The molecule has 0 aliphatic heterocycles. The lowest BCUT2D eigenvalue weighted by molar-refractivity contribution is 0.0903. The third kappa shape index (κ3) is 3.50. The van der Waals surface area contributed by atoms with Gasteiger partial charge in [-0.2, -0.15) is 0 Å². The SMILES string of the molecule is CCC(CC)(CCl)NC(=O)c1cc(Cl)sc1Cl. The van der Waals surface area contributed by atoms with E-state index in [1.165, 1.54) is 11.3 Å². The van der Waals surface area contributed by atoms with Crippen LogP contribution in [0.1, 0.15) is 37.0 Å². The van der Waals surface area contributed by atoms with E-state index in [4.69, 9.17) is 34.8 Å². The van der Waals surface area contributed by atoms with Gasteiger partial charge in [-0.05, 0) is 18.9 Å². The minimum Gasteiger partial charge on any atom is -0.345 e. The second-order valence-corrected chi connectivity index (χ2v) is 6.37. The van der Waals surface area contributed by atoms with Gasteiger partial charge >= 0.3 is 0 Å². The van der Waals surface area contributed by atoms with Crippen molar-refractivity contribution >= 4 is 52.0 Å². The van der Waals surface area contributed by atoms with E-state index in [9.17, 15) is 4.79 Å². The maximum Gasteiger partial charge on any atom is 0.254 e. The van der Waals surface area contributed by atoms with E-state index in [2.05, 4.69) is 5.32 Å². The van der Waals surface area contributed by atoms with Crippen molar-refractivity contribution in [1.29, 1.82) is 0 Å². The van der Waals surface area contributed by atoms with Crippen molar-refractivity contribution in [2.75, 3.05) is 5.88 Å². The lowest BCUT2D eigenvalue weighted by atomic mass is 9.95. The zero-order valence-electron chi connectivity index (χ0n) is 9.65. The zero-order valence-corrected chi connectivity index (χ0v) is 12.7. The maximum absolute atomic E-state index is 12.1. The summed E-state index contributed by atoms with van der Waals surface area (Å²) >= 11 is 18.9. The number of halogens is 3. The van der Waals surface area contributed by atoms with Gasteiger partial charge in [-0.3, -0.25) is 4.79 Å². The number of carbonyl (C=O) groups excluding carboxylic acids is 1. The molecule has 0 aliphatic carbocycles. The Labute approximate surface area is 120 Å². The Morgan fingerprint density at radius 2 is 2.00 bits per heavy atom. The van der Waals surface area contributed by atoms with Gasteiger partial charge in [-0.15, -0.1) is 22.9 Å². The van der Waals surface area contributed by atoms with E-state index >= 15 is 0 Å². The topological polar surface area (TPSA) is 29.1 Å². The van der Waals surface area contributed by atoms with Gasteiger partial charge in [0, 0.05) is 5.88 Å². The van der Waals surface area contributed by atoms with Crippen molar-refractivity contribution in [2.24, 2.45) is 0 Å². The lowest BCUT2D eigenvalue weighted by Gasteiger charge is -2.30. The van der Waals surface area contributed by atoms with Crippen LogP contribution < -0.4 is 5.32 Å². The molecular formula is C11H14Cl3NOS. The minimum absolute atomic E-state index is 0.220. The molecule has 1 rings (SSSR count). The Morgan fingerprint density at radius 1 is 1.41 bits per heavy atom. The molecule has 0 unspecified atom stereocenters. The van der Waals surface area contributed by atoms with Crippen molar-refractivity contribution in [3.8, 4) is 0 Å². The van der Waals surface area contributed by atoms with Gasteiger partial charge in [0.05, 0.1) is 15.4 Å². The van der Waals surface area contributed by atoms with Crippen molar-refractivity contribution in [3.05, 3.63) is 20.3 Å². The van der Waals surface area contributed by atoms with Crippen LogP contribution in [-0.4, -0.2) is 17.3 Å². The van der Waals surface area contributed by atoms with Gasteiger partial charge in [-0.25, -0.2) is 0 Å². The summed E-state index contributed by atoms with van der Waals surface area (Å²) in [5, 5.41) is 2.94. The van der Waals surface area contributed by atoms with Crippen molar-refractivity contribution in [1.82, 2.24) is 5.32 Å². The van der Waals surface area contributed by atoms with Gasteiger partial charge in [0.15, 0.2) is 0 Å². The van der Waals surface area contributed by atoms with Gasteiger partial charge in [-0.1, -0.05) is 37.0 Å². The molecule has 0 atom stereocenters. The molecule has 0 aliphatic rings. The molecule has 0 saturated heterocycles. The van der Waals surface area contributed by atoms with Gasteiger partial charge in [0.2, 0.25) is 0 Å². The molecule has 1 aromatic heterocycles. The smallest absolute Gasteiger partial charge is 0.254 e. The van der Waals surface area contributed by atoms with Crippen LogP contribution in [-0.2, 0) is 0 Å². The van der Waals surface area contributed by atoms with E-state index < -0.39 is 0 Å². The first-order valence-electron chi connectivity index (χ1n) is 5.31. The molecule has 0 saturated carbocycles. The number of nitrogens with one attached hydrogen (secondary N) is 1. The van der Waals surface area contributed by atoms with Crippen molar-refractivity contribution in [3.63, 3.8) is 0 Å². The molecular weight excluding hydrogens is 301 g/mol. The van der Waals surface area contributed by atoms with Crippen LogP contribution >= 0.6 is 46.1 Å². The molecule has 1 amide bonds. The molecule has 0 aromatic carbocycles. The average Bonchev–Trinajstić information content (AvgIpc) is 2.65. The summed E-state index contributed by atoms with van der Waals surface area (Å²) in [4.78, 5) is 12.1. The van der Waals surface area contributed by atoms with E-state index in [1.807, 2.05) is 13.8 Å². The summed E-state index contributed by atoms with van der Waals surface area (Å²) in [5.41, 5.74) is 0.0363. The van der Waals surface area contributed by atoms with Crippen LogP contribution in [0.25, 0.3) is 0 Å². The van der Waals surface area contributed by atoms with E-state index in [-0.39, 0.29) is 11.4 Å². The minimum atomic E-state index is -0.379. The fraction of sp³-hybridized carbons (Fsp3) is 0.545. The summed E-state index contributed by atoms with van der Waals surface area (Å²) < 4.78 is 0.910. The first-order valence-corrected chi connectivity index (χ1v) is 7.42. The number of carbonyl (C=O) groups is 1. The van der Waals surface area contributed by atoms with Crippen LogP contribution in [0.5, 0.6) is 0 Å². The Kier molecular flexibility index (Phi) is 5.58. The third-order valence-electron chi connectivity index (χ3n) is 2.89. The Hall–Kier alpha value is 0.0400. The molecule has 2 nitrogen and oxygen atoms in total. The van der Waals surface area contributed by atoms with Crippen LogP contribution in [0.4, 0.5) is 0 Å². The molecule has 1 heterocycles. The van der Waals surface area contributed by atoms with Gasteiger partial charge in [0.1, 0.15) is 4.34 Å². The molecule has 6 heteroatoms. The van der Waals surface area contributed by atoms with Crippen LogP contribution in [0.3, 0.4) is 0 Å². The van der Waals surface area contributed by atoms with Gasteiger partial charge in [0.25, 0.3) is 5.91 Å². The van der Waals surface area contributed by atoms with Crippen molar-refractivity contribution < 1.29 is 4.79 Å². The highest BCUT2D eigenvalue weighted by Crippen LogP contribution is 2.31. The fourth-order valence-electron chi connectivity index (χ4n) is 1.45. The van der Waals surface area contributed by atoms with Crippen LogP contribution in [0, 0.1) is 0 Å². The number of hydrogen-bond acceptors (Lipinski definition) is 2. The quantitative estimate of drug-likeness (QED) is 0.792. The standard InChI is InChI=1S/C11H14Cl3NOS/c1-3-11(4-2,6-12)15-10(16)7-5-8(13)17-9(7)14/h5H,3-4,6H2,1-2H3,(H,15,16). The zero-order chi connectivity index (χ0) is 13.1. The highest BCUT2D eigenvalue weighted by atomic mass is 35.5. The Bertz CT molecular complexity index is 393. The summed E-state index contributed by atoms with van der Waals surface area (Å²) in [6.45, 7) is 3.99. The number of thiophene rings is 1. The predicted octanol–water partition coefficient (Wildman–Crippen LogP) is 4.58.